The van der Waals surface area contributed by atoms with Crippen molar-refractivity contribution in [2.24, 2.45) is 5.73 Å². The zero-order valence-electron chi connectivity index (χ0n) is 10.2. The number of hydrogen-bond donors (Lipinski definition) is 3. The van der Waals surface area contributed by atoms with Crippen molar-refractivity contribution < 1.29 is 13.2 Å². The molecule has 4 N–H and O–H groups in total. The van der Waals surface area contributed by atoms with E-state index in [9.17, 15) is 13.2 Å². The molecule has 0 aliphatic rings. The van der Waals surface area contributed by atoms with Gasteiger partial charge in [0.15, 0.2) is 0 Å². The molecule has 6 nitrogen and oxygen atoms in total. The van der Waals surface area contributed by atoms with Crippen LogP contribution in [0.4, 0.5) is 0 Å². The van der Waals surface area contributed by atoms with Gasteiger partial charge in [0.25, 0.3) is 0 Å². The first-order valence-corrected chi connectivity index (χ1v) is 6.99. The first kappa shape index (κ1) is 15.3. The number of nitrogens with one attached hydrogen (secondary N) is 2. The van der Waals surface area contributed by atoms with E-state index in [2.05, 4.69) is 10.0 Å². The van der Waals surface area contributed by atoms with Crippen LogP contribution in [-0.4, -0.2) is 38.7 Å². The fraction of sp³-hybridized carbons (Fsp3) is 0.889. The Labute approximate surface area is 97.0 Å². The predicted molar refractivity (Wildman–Crippen MR) is 63.3 cm³/mol. The van der Waals surface area contributed by atoms with Gasteiger partial charge in [-0.15, -0.1) is 0 Å². The molecule has 0 saturated carbocycles. The van der Waals surface area contributed by atoms with Gasteiger partial charge < -0.3 is 11.1 Å². The van der Waals surface area contributed by atoms with Crippen LogP contribution >= 0.6 is 0 Å². The Hall–Kier alpha value is -0.660. The van der Waals surface area contributed by atoms with E-state index < -0.39 is 21.6 Å². The number of carbonyl (C=O) groups excluding carboxylic acids is 1. The summed E-state index contributed by atoms with van der Waals surface area (Å²) in [6.07, 6.45) is 1.63. The Morgan fingerprint density at radius 2 is 1.94 bits per heavy atom. The molecule has 0 aliphatic heterocycles. The molecule has 0 aromatic heterocycles. The molecule has 0 rings (SSSR count). The first-order valence-electron chi connectivity index (χ1n) is 5.09. The number of amides is 1. The molecular weight excluding hydrogens is 230 g/mol. The lowest BCUT2D eigenvalue weighted by molar-refractivity contribution is -0.122. The van der Waals surface area contributed by atoms with Crippen LogP contribution in [0.2, 0.25) is 0 Å². The van der Waals surface area contributed by atoms with Crippen LogP contribution in [0.1, 0.15) is 27.2 Å². The van der Waals surface area contributed by atoms with Crippen LogP contribution in [0, 0.1) is 0 Å². The number of rotatable bonds is 6. The third kappa shape index (κ3) is 6.76. The summed E-state index contributed by atoms with van der Waals surface area (Å²) in [5, 5.41) is 2.61. The first-order chi connectivity index (χ1) is 7.07. The highest BCUT2D eigenvalue weighted by Gasteiger charge is 2.23. The Kier molecular flexibility index (Phi) is 5.37. The zero-order chi connectivity index (χ0) is 13.0. The van der Waals surface area contributed by atoms with Gasteiger partial charge in [-0.3, -0.25) is 4.79 Å². The van der Waals surface area contributed by atoms with Gasteiger partial charge in [0.1, 0.15) is 0 Å². The molecule has 16 heavy (non-hydrogen) atoms. The van der Waals surface area contributed by atoms with Crippen molar-refractivity contribution in [2.75, 3.05) is 12.8 Å². The molecule has 0 heterocycles. The van der Waals surface area contributed by atoms with Gasteiger partial charge >= 0.3 is 0 Å². The second-order valence-electron chi connectivity index (χ2n) is 4.49. The molecule has 0 fully saturated rings. The molecule has 96 valence electrons. The van der Waals surface area contributed by atoms with Crippen molar-refractivity contribution in [1.29, 1.82) is 0 Å². The zero-order valence-corrected chi connectivity index (χ0v) is 11.0. The topological polar surface area (TPSA) is 101 Å². The second-order valence-corrected chi connectivity index (χ2v) is 6.24. The van der Waals surface area contributed by atoms with Gasteiger partial charge in [0, 0.05) is 12.1 Å². The minimum absolute atomic E-state index is 0.201. The van der Waals surface area contributed by atoms with E-state index in [1.54, 1.807) is 13.8 Å². The smallest absolute Gasteiger partial charge is 0.236 e. The molecule has 0 spiro atoms. The van der Waals surface area contributed by atoms with Gasteiger partial charge in [-0.2, -0.15) is 0 Å². The summed E-state index contributed by atoms with van der Waals surface area (Å²) in [5.41, 5.74) is 4.80. The maximum atomic E-state index is 11.4. The van der Waals surface area contributed by atoms with Crippen LogP contribution in [0.5, 0.6) is 0 Å². The normalized spacial score (nSPS) is 14.6. The molecule has 0 saturated heterocycles. The highest BCUT2D eigenvalue weighted by molar-refractivity contribution is 7.88. The summed E-state index contributed by atoms with van der Waals surface area (Å²) in [6, 6.07) is -0.547. The molecule has 0 radical (unpaired) electrons. The van der Waals surface area contributed by atoms with Gasteiger partial charge in [-0.1, -0.05) is 6.92 Å². The maximum absolute atomic E-state index is 11.4. The van der Waals surface area contributed by atoms with E-state index in [-0.39, 0.29) is 12.5 Å². The second kappa shape index (κ2) is 5.60. The molecule has 0 aromatic rings. The highest BCUT2D eigenvalue weighted by atomic mass is 32.2. The average Bonchev–Trinajstić information content (AvgIpc) is 2.09. The molecule has 7 heteroatoms. The quantitative estimate of drug-likeness (QED) is 0.573. The van der Waals surface area contributed by atoms with Crippen LogP contribution in [0.25, 0.3) is 0 Å². The van der Waals surface area contributed by atoms with Crippen molar-refractivity contribution in [3.63, 3.8) is 0 Å². The van der Waals surface area contributed by atoms with Crippen molar-refractivity contribution in [1.82, 2.24) is 10.0 Å². The van der Waals surface area contributed by atoms with E-state index in [0.29, 0.717) is 6.42 Å². The summed E-state index contributed by atoms with van der Waals surface area (Å²) < 4.78 is 24.5. The average molecular weight is 251 g/mol. The Balaban J connectivity index is 4.24. The van der Waals surface area contributed by atoms with E-state index >= 15 is 0 Å². The summed E-state index contributed by atoms with van der Waals surface area (Å²) in [5.74, 6) is -0.272. The summed E-state index contributed by atoms with van der Waals surface area (Å²) >= 11 is 0. The van der Waals surface area contributed by atoms with Gasteiger partial charge in [-0.05, 0) is 20.3 Å². The van der Waals surface area contributed by atoms with Crippen LogP contribution in [0.15, 0.2) is 0 Å². The van der Waals surface area contributed by atoms with Crippen LogP contribution < -0.4 is 15.8 Å². The standard InChI is InChI=1S/C9H21N3O3S/c1-5-7(10)8(13)11-6-9(2,3)12-16(4,14)15/h7,12H,5-6,10H2,1-4H3,(H,11,13)/t7-/m1/s1. The van der Waals surface area contributed by atoms with Gasteiger partial charge in [0.2, 0.25) is 15.9 Å². The molecule has 1 atom stereocenters. The third-order valence-electron chi connectivity index (χ3n) is 1.94. The number of hydrogen-bond acceptors (Lipinski definition) is 4. The van der Waals surface area contributed by atoms with Crippen LogP contribution in [-0.2, 0) is 14.8 Å². The van der Waals surface area contributed by atoms with Crippen molar-refractivity contribution in [2.45, 2.75) is 38.8 Å². The lowest BCUT2D eigenvalue weighted by Gasteiger charge is -2.25. The summed E-state index contributed by atoms with van der Waals surface area (Å²) in [4.78, 5) is 11.4. The Morgan fingerprint density at radius 3 is 2.31 bits per heavy atom. The Morgan fingerprint density at radius 1 is 1.44 bits per heavy atom. The van der Waals surface area contributed by atoms with E-state index in [1.807, 2.05) is 6.92 Å². The SMILES string of the molecule is CC[C@@H](N)C(=O)NCC(C)(C)NS(C)(=O)=O. The molecule has 0 unspecified atom stereocenters. The lowest BCUT2D eigenvalue weighted by atomic mass is 10.1. The molecule has 0 bridgehead atoms. The van der Waals surface area contributed by atoms with E-state index in [1.165, 1.54) is 0 Å². The largest absolute Gasteiger partial charge is 0.353 e. The molecular formula is C9H21N3O3S. The molecule has 0 aliphatic carbocycles. The van der Waals surface area contributed by atoms with Crippen LogP contribution in [0.3, 0.4) is 0 Å². The Bertz CT molecular complexity index is 338. The lowest BCUT2D eigenvalue weighted by Crippen LogP contribution is -2.53. The van der Waals surface area contributed by atoms with Crippen molar-refractivity contribution in [3.8, 4) is 0 Å². The fourth-order valence-corrected chi connectivity index (χ4v) is 2.24. The summed E-state index contributed by atoms with van der Waals surface area (Å²) in [7, 11) is -3.29. The molecule has 0 aromatic carbocycles. The molecule has 1 amide bonds. The minimum Gasteiger partial charge on any atom is -0.353 e. The minimum atomic E-state index is -3.29. The summed E-state index contributed by atoms with van der Waals surface area (Å²) in [6.45, 7) is 5.38. The van der Waals surface area contributed by atoms with Crippen molar-refractivity contribution >= 4 is 15.9 Å². The monoisotopic (exact) mass is 251 g/mol. The van der Waals surface area contributed by atoms with Crippen molar-refractivity contribution in [3.05, 3.63) is 0 Å². The van der Waals surface area contributed by atoms with E-state index in [4.69, 9.17) is 5.73 Å². The number of nitrogens with two attached hydrogens (primary N) is 1. The predicted octanol–water partition coefficient (Wildman–Crippen LogP) is -0.832. The maximum Gasteiger partial charge on any atom is 0.236 e. The van der Waals surface area contributed by atoms with E-state index in [0.717, 1.165) is 6.26 Å². The highest BCUT2D eigenvalue weighted by Crippen LogP contribution is 2.02. The third-order valence-corrected chi connectivity index (χ3v) is 2.87. The van der Waals surface area contributed by atoms with Gasteiger partial charge in [0.05, 0.1) is 12.3 Å². The number of sulfonamides is 1. The van der Waals surface area contributed by atoms with Gasteiger partial charge in [-0.25, -0.2) is 13.1 Å². The fourth-order valence-electron chi connectivity index (χ4n) is 1.16. The number of carbonyl (C=O) groups is 1.